The first-order chi connectivity index (χ1) is 15.1. The molecule has 31 heavy (non-hydrogen) atoms. The van der Waals surface area contributed by atoms with Gasteiger partial charge in [-0.25, -0.2) is 9.59 Å². The number of thiophene rings is 1. The van der Waals surface area contributed by atoms with Crippen LogP contribution in [0.15, 0.2) is 42.0 Å². The van der Waals surface area contributed by atoms with Gasteiger partial charge < -0.3 is 20.1 Å². The number of ether oxygens (including phenoxy) is 2. The first-order valence-electron chi connectivity index (χ1n) is 9.83. The van der Waals surface area contributed by atoms with E-state index in [0.29, 0.717) is 28.4 Å². The second-order valence-electron chi connectivity index (χ2n) is 7.05. The van der Waals surface area contributed by atoms with Gasteiger partial charge in [0.2, 0.25) is 0 Å². The van der Waals surface area contributed by atoms with Gasteiger partial charge in [-0.05, 0) is 31.4 Å². The minimum absolute atomic E-state index is 0.214. The molecule has 9 heteroatoms. The van der Waals surface area contributed by atoms with E-state index >= 15 is 0 Å². The summed E-state index contributed by atoms with van der Waals surface area (Å²) < 4.78 is 10.3. The fraction of sp³-hybridized carbons (Fsp3) is 0.273. The van der Waals surface area contributed by atoms with Crippen LogP contribution in [-0.4, -0.2) is 42.2 Å². The molecule has 1 saturated carbocycles. The number of methoxy groups -OCH3 is 2. The van der Waals surface area contributed by atoms with Gasteiger partial charge in [-0.1, -0.05) is 12.1 Å². The Labute approximate surface area is 183 Å². The summed E-state index contributed by atoms with van der Waals surface area (Å²) in [5, 5.41) is 7.67. The van der Waals surface area contributed by atoms with E-state index in [1.54, 1.807) is 30.6 Å². The molecular formula is C22H22N4O4S. The maximum atomic E-state index is 12.5. The third-order valence-electron chi connectivity index (χ3n) is 5.12. The van der Waals surface area contributed by atoms with Gasteiger partial charge in [-0.3, -0.25) is 9.97 Å². The summed E-state index contributed by atoms with van der Waals surface area (Å²) in [7, 11) is 2.82. The van der Waals surface area contributed by atoms with Gasteiger partial charge in [0.15, 0.2) is 0 Å². The van der Waals surface area contributed by atoms with Crippen LogP contribution in [-0.2, 0) is 4.74 Å². The van der Waals surface area contributed by atoms with Crippen molar-refractivity contribution >= 4 is 29.0 Å². The normalized spacial score (nSPS) is 13.2. The van der Waals surface area contributed by atoms with Crippen LogP contribution in [0.4, 0.5) is 10.5 Å². The highest BCUT2D eigenvalue weighted by Gasteiger charge is 2.23. The fourth-order valence-electron chi connectivity index (χ4n) is 3.36. The van der Waals surface area contributed by atoms with Crippen molar-refractivity contribution < 1.29 is 19.1 Å². The van der Waals surface area contributed by atoms with Crippen molar-refractivity contribution in [2.45, 2.75) is 25.3 Å². The maximum Gasteiger partial charge on any atom is 0.342 e. The van der Waals surface area contributed by atoms with Crippen molar-refractivity contribution in [1.29, 1.82) is 0 Å². The summed E-state index contributed by atoms with van der Waals surface area (Å²) in [4.78, 5) is 34.4. The molecule has 0 saturated heterocycles. The standard InChI is InChI=1S/C22H22N4O4S/c1-29-16-8-4-7-15(18(16)21(27)30-2)19-20(24-10-9-23-19)17-11-14(12-31-17)26-22(28)25-13-5-3-6-13/h4,7-13H,3,5-6H2,1-2H3,(H2,25,26,28). The summed E-state index contributed by atoms with van der Waals surface area (Å²) >= 11 is 1.43. The van der Waals surface area contributed by atoms with Gasteiger partial charge >= 0.3 is 12.0 Å². The Kier molecular flexibility index (Phi) is 6.13. The lowest BCUT2D eigenvalue weighted by Crippen LogP contribution is -2.41. The number of carbonyl (C=O) groups is 2. The number of anilines is 1. The minimum atomic E-state index is -0.523. The van der Waals surface area contributed by atoms with E-state index in [4.69, 9.17) is 9.47 Å². The van der Waals surface area contributed by atoms with Gasteiger partial charge in [-0.15, -0.1) is 11.3 Å². The SMILES string of the molecule is COC(=O)c1c(OC)cccc1-c1nccnc1-c1cc(NC(=O)NC2CCC2)cs1. The van der Waals surface area contributed by atoms with Crippen LogP contribution in [0.5, 0.6) is 5.75 Å². The van der Waals surface area contributed by atoms with E-state index in [9.17, 15) is 9.59 Å². The van der Waals surface area contributed by atoms with E-state index in [1.165, 1.54) is 25.6 Å². The highest BCUT2D eigenvalue weighted by atomic mass is 32.1. The Morgan fingerprint density at radius 1 is 1.13 bits per heavy atom. The first kappa shape index (κ1) is 20.8. The molecule has 1 fully saturated rings. The third kappa shape index (κ3) is 4.36. The lowest BCUT2D eigenvalue weighted by atomic mass is 9.93. The molecule has 1 aliphatic rings. The topological polar surface area (TPSA) is 102 Å². The number of aromatic nitrogens is 2. The lowest BCUT2D eigenvalue weighted by molar-refractivity contribution is 0.0598. The van der Waals surface area contributed by atoms with Crippen LogP contribution < -0.4 is 15.4 Å². The number of nitrogens with zero attached hydrogens (tertiary/aromatic N) is 2. The largest absolute Gasteiger partial charge is 0.496 e. The van der Waals surface area contributed by atoms with Crippen molar-refractivity contribution in [3.63, 3.8) is 0 Å². The number of benzene rings is 1. The molecule has 0 bridgehead atoms. The summed E-state index contributed by atoms with van der Waals surface area (Å²) in [5.74, 6) is -0.132. The number of carbonyl (C=O) groups excluding carboxylic acids is 2. The average molecular weight is 439 g/mol. The summed E-state index contributed by atoms with van der Waals surface area (Å²) in [6.07, 6.45) is 6.36. The molecule has 1 aromatic carbocycles. The van der Waals surface area contributed by atoms with Crippen molar-refractivity contribution in [2.75, 3.05) is 19.5 Å². The molecule has 2 aromatic heterocycles. The van der Waals surface area contributed by atoms with Crippen molar-refractivity contribution in [2.24, 2.45) is 0 Å². The maximum absolute atomic E-state index is 12.5. The number of hydrogen-bond acceptors (Lipinski definition) is 7. The van der Waals surface area contributed by atoms with E-state index in [2.05, 4.69) is 20.6 Å². The number of hydrogen-bond donors (Lipinski definition) is 2. The molecule has 3 aromatic rings. The molecule has 8 nitrogen and oxygen atoms in total. The molecule has 1 aliphatic carbocycles. The molecule has 0 unspecified atom stereocenters. The lowest BCUT2D eigenvalue weighted by Gasteiger charge is -2.26. The van der Waals surface area contributed by atoms with Crippen LogP contribution >= 0.6 is 11.3 Å². The second-order valence-corrected chi connectivity index (χ2v) is 7.97. The molecule has 0 spiro atoms. The monoisotopic (exact) mass is 438 g/mol. The van der Waals surface area contributed by atoms with E-state index < -0.39 is 5.97 Å². The average Bonchev–Trinajstić information content (AvgIpc) is 3.23. The van der Waals surface area contributed by atoms with Gasteiger partial charge in [-0.2, -0.15) is 0 Å². The Bertz CT molecular complexity index is 1110. The molecule has 2 N–H and O–H groups in total. The first-order valence-corrected chi connectivity index (χ1v) is 10.7. The summed E-state index contributed by atoms with van der Waals surface area (Å²) in [6, 6.07) is 7.14. The Balaban J connectivity index is 1.67. The fourth-order valence-corrected chi connectivity index (χ4v) is 4.19. The Morgan fingerprint density at radius 2 is 1.90 bits per heavy atom. The van der Waals surface area contributed by atoms with Crippen LogP contribution in [0, 0.1) is 0 Å². The molecule has 160 valence electrons. The highest BCUT2D eigenvalue weighted by molar-refractivity contribution is 7.14. The minimum Gasteiger partial charge on any atom is -0.496 e. The number of amides is 2. The molecular weight excluding hydrogens is 416 g/mol. The van der Waals surface area contributed by atoms with Crippen LogP contribution in [0.3, 0.4) is 0 Å². The predicted molar refractivity (Wildman–Crippen MR) is 118 cm³/mol. The highest BCUT2D eigenvalue weighted by Crippen LogP contribution is 2.38. The Morgan fingerprint density at radius 3 is 2.58 bits per heavy atom. The summed E-state index contributed by atoms with van der Waals surface area (Å²) in [6.45, 7) is 0. The van der Waals surface area contributed by atoms with Crippen LogP contribution in [0.2, 0.25) is 0 Å². The van der Waals surface area contributed by atoms with E-state index in [1.807, 2.05) is 11.4 Å². The van der Waals surface area contributed by atoms with E-state index in [0.717, 1.165) is 24.1 Å². The molecule has 2 amide bonds. The molecule has 0 atom stereocenters. The van der Waals surface area contributed by atoms with Crippen LogP contribution in [0.25, 0.3) is 21.8 Å². The predicted octanol–water partition coefficient (Wildman–Crippen LogP) is 4.34. The third-order valence-corrected chi connectivity index (χ3v) is 6.06. The summed E-state index contributed by atoms with van der Waals surface area (Å²) in [5.41, 5.74) is 2.63. The second kappa shape index (κ2) is 9.13. The zero-order chi connectivity index (χ0) is 21.8. The van der Waals surface area contributed by atoms with Gasteiger partial charge in [0.1, 0.15) is 17.0 Å². The van der Waals surface area contributed by atoms with Gasteiger partial charge in [0.05, 0.1) is 30.5 Å². The number of urea groups is 1. The van der Waals surface area contributed by atoms with Crippen molar-refractivity contribution in [3.8, 4) is 27.6 Å². The zero-order valence-corrected chi connectivity index (χ0v) is 18.0. The molecule has 2 heterocycles. The van der Waals surface area contributed by atoms with Crippen LogP contribution in [0.1, 0.15) is 29.6 Å². The number of esters is 1. The Hall–Kier alpha value is -3.46. The molecule has 4 rings (SSSR count). The van der Waals surface area contributed by atoms with Gasteiger partial charge in [0, 0.05) is 29.4 Å². The molecule has 0 radical (unpaired) electrons. The smallest absolute Gasteiger partial charge is 0.342 e. The van der Waals surface area contributed by atoms with Crippen molar-refractivity contribution in [3.05, 3.63) is 47.6 Å². The molecule has 0 aliphatic heterocycles. The zero-order valence-electron chi connectivity index (χ0n) is 17.2. The quantitative estimate of drug-likeness (QED) is 0.555. The number of nitrogens with one attached hydrogen (secondary N) is 2. The number of rotatable bonds is 6. The van der Waals surface area contributed by atoms with Crippen molar-refractivity contribution in [1.82, 2.24) is 15.3 Å². The van der Waals surface area contributed by atoms with E-state index in [-0.39, 0.29) is 17.6 Å². The van der Waals surface area contributed by atoms with Gasteiger partial charge in [0.25, 0.3) is 0 Å².